The largest absolute Gasteiger partial charge is 0.456 e. The number of hydrogen-bond donors (Lipinski definition) is 0. The van der Waals surface area contributed by atoms with Gasteiger partial charge in [0.1, 0.15) is 22.3 Å². The first-order chi connectivity index (χ1) is 28.0. The van der Waals surface area contributed by atoms with Crippen LogP contribution in [0.1, 0.15) is 25.0 Å². The zero-order valence-electron chi connectivity index (χ0n) is 31.4. The van der Waals surface area contributed by atoms with Gasteiger partial charge < -0.3 is 8.83 Å². The molecule has 0 unspecified atom stereocenters. The summed E-state index contributed by atoms with van der Waals surface area (Å²) in [6.45, 7) is 4.68. The summed E-state index contributed by atoms with van der Waals surface area (Å²) < 4.78 is 12.7. The highest BCUT2D eigenvalue weighted by molar-refractivity contribution is 6.15. The molecule has 0 bridgehead atoms. The molecule has 57 heavy (non-hydrogen) atoms. The molecule has 1 aliphatic rings. The van der Waals surface area contributed by atoms with E-state index in [-0.39, 0.29) is 5.41 Å². The molecular weight excluding hydrogens is 697 g/mol. The average molecular weight is 731 g/mol. The predicted octanol–water partition coefficient (Wildman–Crippen LogP) is 14.4. The molecule has 0 fully saturated rings. The molecule has 0 spiro atoms. The first kappa shape index (κ1) is 32.0. The van der Waals surface area contributed by atoms with E-state index in [1.165, 1.54) is 33.0 Å². The van der Waals surface area contributed by atoms with Gasteiger partial charge in [-0.15, -0.1) is 0 Å². The number of benzene rings is 8. The van der Waals surface area contributed by atoms with Gasteiger partial charge in [0.25, 0.3) is 0 Å². The molecule has 0 radical (unpaired) electrons. The molecule has 0 saturated carbocycles. The number of furan rings is 2. The molecule has 1 aliphatic carbocycles. The lowest BCUT2D eigenvalue weighted by atomic mass is 9.81. The third-order valence-corrected chi connectivity index (χ3v) is 12.1. The molecule has 0 N–H and O–H groups in total. The van der Waals surface area contributed by atoms with Crippen molar-refractivity contribution in [3.8, 4) is 56.2 Å². The Labute approximate surface area is 328 Å². The molecule has 0 aliphatic heterocycles. The lowest BCUT2D eigenvalue weighted by molar-refractivity contribution is 0.661. The minimum atomic E-state index is -0.165. The molecule has 3 heterocycles. The third kappa shape index (κ3) is 4.80. The Balaban J connectivity index is 1.05. The average Bonchev–Trinajstić information content (AvgIpc) is 3.88. The van der Waals surface area contributed by atoms with Crippen LogP contribution in [0.15, 0.2) is 179 Å². The maximum atomic E-state index is 6.45. The van der Waals surface area contributed by atoms with E-state index in [1.807, 2.05) is 36.4 Å². The van der Waals surface area contributed by atoms with Gasteiger partial charge in [-0.25, -0.2) is 9.97 Å². The van der Waals surface area contributed by atoms with Crippen molar-refractivity contribution in [2.24, 2.45) is 0 Å². The first-order valence-electron chi connectivity index (χ1n) is 19.5. The van der Waals surface area contributed by atoms with Gasteiger partial charge in [-0.2, -0.15) is 0 Å². The lowest BCUT2D eigenvalue weighted by Crippen LogP contribution is -2.14. The Morgan fingerprint density at radius 1 is 0.386 bits per heavy atom. The van der Waals surface area contributed by atoms with Crippen LogP contribution >= 0.6 is 0 Å². The number of fused-ring (bicyclic) bond motifs is 10. The summed E-state index contributed by atoms with van der Waals surface area (Å²) in [5.41, 5.74) is 15.5. The number of aromatic nitrogens is 2. The Bertz CT molecular complexity index is 3440. The van der Waals surface area contributed by atoms with Crippen molar-refractivity contribution in [3.05, 3.63) is 181 Å². The van der Waals surface area contributed by atoms with Crippen molar-refractivity contribution in [3.63, 3.8) is 0 Å². The molecule has 8 aromatic carbocycles. The van der Waals surface area contributed by atoms with Crippen LogP contribution < -0.4 is 0 Å². The van der Waals surface area contributed by atoms with Crippen molar-refractivity contribution in [2.45, 2.75) is 19.3 Å². The van der Waals surface area contributed by atoms with E-state index >= 15 is 0 Å². The van der Waals surface area contributed by atoms with Crippen LogP contribution in [0.2, 0.25) is 0 Å². The maximum absolute atomic E-state index is 6.45. The summed E-state index contributed by atoms with van der Waals surface area (Å²) in [5.74, 6) is 0.692. The normalized spacial score (nSPS) is 13.2. The van der Waals surface area contributed by atoms with E-state index in [2.05, 4.69) is 147 Å². The highest BCUT2D eigenvalue weighted by atomic mass is 16.3. The van der Waals surface area contributed by atoms with Gasteiger partial charge >= 0.3 is 0 Å². The summed E-state index contributed by atoms with van der Waals surface area (Å²) in [6.07, 6.45) is 0. The standard InChI is InChI=1S/C53H34N2O2/c1-53(2)43-21-12-20-38(51(43)42-25-32-15-6-7-16-33(32)27-44(42)53)46-30-45(54-52(55-46)31-13-4-3-5-14-31)36-18-9-8-17-35(36)34-23-24-48-39(26-34)41-29-49-40(28-50(41)57-48)37-19-10-11-22-47(37)56-49/h3-30H,1-2H3. The molecular formula is C53H34N2O2. The zero-order valence-corrected chi connectivity index (χ0v) is 31.4. The van der Waals surface area contributed by atoms with Crippen LogP contribution in [0.25, 0.3) is 111 Å². The Hall–Kier alpha value is -7.30. The fourth-order valence-electron chi connectivity index (χ4n) is 9.25. The summed E-state index contributed by atoms with van der Waals surface area (Å²) >= 11 is 0. The first-order valence-corrected chi connectivity index (χ1v) is 19.5. The van der Waals surface area contributed by atoms with Crippen LogP contribution in [-0.2, 0) is 5.41 Å². The SMILES string of the molecule is CC1(C)c2cc3ccccc3cc2-c2c(-c3cc(-c4ccccc4-c4ccc5oc6cc7c(cc6c5c4)oc4ccccc47)nc(-c4ccccc4)n3)cccc21. The maximum Gasteiger partial charge on any atom is 0.160 e. The second-order valence-electron chi connectivity index (χ2n) is 15.7. The van der Waals surface area contributed by atoms with E-state index in [0.29, 0.717) is 5.82 Å². The molecule has 0 amide bonds. The van der Waals surface area contributed by atoms with Crippen LogP contribution in [-0.4, -0.2) is 9.97 Å². The van der Waals surface area contributed by atoms with Crippen molar-refractivity contribution >= 4 is 54.6 Å². The van der Waals surface area contributed by atoms with Crippen molar-refractivity contribution in [2.75, 3.05) is 0 Å². The van der Waals surface area contributed by atoms with E-state index in [9.17, 15) is 0 Å². The van der Waals surface area contributed by atoms with E-state index in [4.69, 9.17) is 18.8 Å². The summed E-state index contributed by atoms with van der Waals surface area (Å²) in [7, 11) is 0. The van der Waals surface area contributed by atoms with Crippen molar-refractivity contribution in [1.82, 2.24) is 9.97 Å². The third-order valence-electron chi connectivity index (χ3n) is 12.1. The Morgan fingerprint density at radius 3 is 1.81 bits per heavy atom. The van der Waals surface area contributed by atoms with Gasteiger partial charge in [0, 0.05) is 43.7 Å². The number of rotatable bonds is 4. The number of hydrogen-bond acceptors (Lipinski definition) is 4. The molecule has 12 rings (SSSR count). The van der Waals surface area contributed by atoms with Gasteiger partial charge in [-0.05, 0) is 92.7 Å². The van der Waals surface area contributed by atoms with E-state index in [0.717, 1.165) is 83.1 Å². The molecule has 0 atom stereocenters. The fourth-order valence-corrected chi connectivity index (χ4v) is 9.25. The summed E-state index contributed by atoms with van der Waals surface area (Å²) in [5, 5.41) is 6.71. The highest BCUT2D eigenvalue weighted by Gasteiger charge is 2.37. The monoisotopic (exact) mass is 730 g/mol. The van der Waals surface area contributed by atoms with E-state index in [1.54, 1.807) is 0 Å². The zero-order chi connectivity index (χ0) is 37.8. The van der Waals surface area contributed by atoms with Crippen molar-refractivity contribution < 1.29 is 8.83 Å². The fraction of sp³-hybridized carbons (Fsp3) is 0.0566. The van der Waals surface area contributed by atoms with Gasteiger partial charge in [-0.3, -0.25) is 0 Å². The Kier molecular flexibility index (Phi) is 6.65. The number of para-hydroxylation sites is 1. The second-order valence-corrected chi connectivity index (χ2v) is 15.7. The van der Waals surface area contributed by atoms with Gasteiger partial charge in [0.15, 0.2) is 5.82 Å². The smallest absolute Gasteiger partial charge is 0.160 e. The van der Waals surface area contributed by atoms with Crippen LogP contribution in [0.5, 0.6) is 0 Å². The van der Waals surface area contributed by atoms with Crippen LogP contribution in [0.4, 0.5) is 0 Å². The molecule has 0 saturated heterocycles. The van der Waals surface area contributed by atoms with Gasteiger partial charge in [0.2, 0.25) is 0 Å². The van der Waals surface area contributed by atoms with Crippen molar-refractivity contribution in [1.29, 1.82) is 0 Å². The molecule has 4 nitrogen and oxygen atoms in total. The lowest BCUT2D eigenvalue weighted by Gasteiger charge is -2.22. The summed E-state index contributed by atoms with van der Waals surface area (Å²) in [6, 6.07) is 60.0. The van der Waals surface area contributed by atoms with E-state index < -0.39 is 0 Å². The molecule has 11 aromatic rings. The van der Waals surface area contributed by atoms with Crippen LogP contribution in [0.3, 0.4) is 0 Å². The predicted molar refractivity (Wildman–Crippen MR) is 233 cm³/mol. The minimum absolute atomic E-state index is 0.165. The molecule has 4 heteroatoms. The minimum Gasteiger partial charge on any atom is -0.456 e. The Morgan fingerprint density at radius 2 is 1.00 bits per heavy atom. The van der Waals surface area contributed by atoms with Crippen LogP contribution in [0, 0.1) is 0 Å². The van der Waals surface area contributed by atoms with Gasteiger partial charge in [0.05, 0.1) is 11.4 Å². The number of nitrogens with zero attached hydrogens (tertiary/aromatic N) is 2. The van der Waals surface area contributed by atoms with Gasteiger partial charge in [-0.1, -0.05) is 135 Å². The summed E-state index contributed by atoms with van der Waals surface area (Å²) in [4.78, 5) is 10.6. The second kappa shape index (κ2) is 11.8. The molecule has 268 valence electrons. The molecule has 3 aromatic heterocycles. The highest BCUT2D eigenvalue weighted by Crippen LogP contribution is 2.53. The quantitative estimate of drug-likeness (QED) is 0.181. The topological polar surface area (TPSA) is 52.1 Å².